The highest BCUT2D eigenvalue weighted by atomic mass is 127. The molecule has 3 heterocycles. The zero-order valence-electron chi connectivity index (χ0n) is 16.4. The van der Waals surface area contributed by atoms with E-state index in [-0.39, 0.29) is 30.5 Å². The summed E-state index contributed by atoms with van der Waals surface area (Å²) in [6, 6.07) is 2.36. The average Bonchev–Trinajstić information content (AvgIpc) is 3.27. The number of guanidine groups is 1. The summed E-state index contributed by atoms with van der Waals surface area (Å²) in [5.74, 6) is 1.19. The molecule has 1 N–H and O–H groups in total. The molecule has 160 valence electrons. The van der Waals surface area contributed by atoms with Crippen molar-refractivity contribution in [2.24, 2.45) is 10.4 Å². The average molecular weight is 522 g/mol. The van der Waals surface area contributed by atoms with Gasteiger partial charge in [-0.2, -0.15) is 13.2 Å². The first-order chi connectivity index (χ1) is 13.4. The summed E-state index contributed by atoms with van der Waals surface area (Å²) < 4.78 is 40.4. The van der Waals surface area contributed by atoms with Crippen LogP contribution in [-0.2, 0) is 12.7 Å². The van der Waals surface area contributed by atoms with Crippen LogP contribution in [0.25, 0.3) is 5.65 Å². The molecule has 10 heteroatoms. The summed E-state index contributed by atoms with van der Waals surface area (Å²) in [6.45, 7) is 2.21. The van der Waals surface area contributed by atoms with E-state index in [1.165, 1.54) is 49.0 Å². The van der Waals surface area contributed by atoms with E-state index in [0.717, 1.165) is 31.3 Å². The van der Waals surface area contributed by atoms with Gasteiger partial charge in [0, 0.05) is 26.3 Å². The number of halogens is 4. The lowest BCUT2D eigenvalue weighted by Gasteiger charge is -2.33. The number of nitrogens with one attached hydrogen (secondary N) is 1. The molecule has 0 atom stereocenters. The Balaban J connectivity index is 0.00000240. The summed E-state index contributed by atoms with van der Waals surface area (Å²) in [5, 5.41) is 11.3. The normalized spacial score (nSPS) is 19.6. The van der Waals surface area contributed by atoms with Crippen LogP contribution in [0.5, 0.6) is 0 Å². The molecule has 29 heavy (non-hydrogen) atoms. The van der Waals surface area contributed by atoms with Gasteiger partial charge < -0.3 is 10.2 Å². The molecule has 0 radical (unpaired) electrons. The maximum Gasteiger partial charge on any atom is 0.417 e. The number of hydrogen-bond acceptors (Lipinski definition) is 3. The van der Waals surface area contributed by atoms with Crippen LogP contribution in [0.4, 0.5) is 13.2 Å². The van der Waals surface area contributed by atoms with E-state index in [9.17, 15) is 13.2 Å². The van der Waals surface area contributed by atoms with Gasteiger partial charge in [-0.3, -0.25) is 9.39 Å². The lowest BCUT2D eigenvalue weighted by atomic mass is 9.73. The minimum atomic E-state index is -4.40. The van der Waals surface area contributed by atoms with Crippen molar-refractivity contribution in [3.05, 3.63) is 29.7 Å². The highest BCUT2D eigenvalue weighted by Gasteiger charge is 2.39. The predicted molar refractivity (Wildman–Crippen MR) is 115 cm³/mol. The number of nitrogens with zero attached hydrogens (tertiary/aromatic N) is 5. The Labute approximate surface area is 185 Å². The summed E-state index contributed by atoms with van der Waals surface area (Å²) in [4.78, 5) is 6.64. The van der Waals surface area contributed by atoms with Crippen molar-refractivity contribution in [1.82, 2.24) is 24.8 Å². The molecule has 1 aliphatic heterocycles. The van der Waals surface area contributed by atoms with E-state index in [0.29, 0.717) is 16.9 Å². The van der Waals surface area contributed by atoms with Crippen molar-refractivity contribution in [2.45, 2.75) is 51.2 Å². The Morgan fingerprint density at radius 1 is 1.17 bits per heavy atom. The van der Waals surface area contributed by atoms with E-state index in [1.54, 1.807) is 7.05 Å². The van der Waals surface area contributed by atoms with Crippen LogP contribution in [0.3, 0.4) is 0 Å². The first-order valence-corrected chi connectivity index (χ1v) is 9.77. The third-order valence-corrected chi connectivity index (χ3v) is 6.07. The topological polar surface area (TPSA) is 57.8 Å². The lowest BCUT2D eigenvalue weighted by molar-refractivity contribution is -0.137. The van der Waals surface area contributed by atoms with Gasteiger partial charge >= 0.3 is 6.18 Å². The minimum Gasteiger partial charge on any atom is -0.349 e. The molecule has 1 spiro atoms. The highest BCUT2D eigenvalue weighted by molar-refractivity contribution is 14.0. The number of fused-ring (bicyclic) bond motifs is 1. The van der Waals surface area contributed by atoms with Crippen LogP contribution in [0.15, 0.2) is 23.3 Å². The second-order valence-corrected chi connectivity index (χ2v) is 7.89. The summed E-state index contributed by atoms with van der Waals surface area (Å²) >= 11 is 0. The van der Waals surface area contributed by atoms with Gasteiger partial charge in [0.15, 0.2) is 17.4 Å². The molecule has 1 saturated carbocycles. The third-order valence-electron chi connectivity index (χ3n) is 6.07. The second kappa shape index (κ2) is 8.65. The van der Waals surface area contributed by atoms with Crippen LogP contribution >= 0.6 is 24.0 Å². The Bertz CT molecular complexity index is 872. The molecule has 2 aromatic rings. The minimum absolute atomic E-state index is 0. The molecule has 0 unspecified atom stereocenters. The van der Waals surface area contributed by atoms with E-state index < -0.39 is 11.7 Å². The molecule has 0 bridgehead atoms. The summed E-state index contributed by atoms with van der Waals surface area (Å²) in [6.07, 6.45) is 4.29. The van der Waals surface area contributed by atoms with E-state index in [4.69, 9.17) is 0 Å². The van der Waals surface area contributed by atoms with Crippen LogP contribution < -0.4 is 5.32 Å². The van der Waals surface area contributed by atoms with Gasteiger partial charge in [-0.25, -0.2) is 0 Å². The van der Waals surface area contributed by atoms with Crippen molar-refractivity contribution in [3.63, 3.8) is 0 Å². The Kier molecular flexibility index (Phi) is 6.59. The zero-order valence-corrected chi connectivity index (χ0v) is 18.7. The molecule has 4 rings (SSSR count). The number of aromatic nitrogens is 3. The third kappa shape index (κ3) is 4.61. The SMILES string of the molecule is CN=C(NCc1nnc2ccc(C(F)(F)F)cn12)N1CCC2(CCCCC2)C1.I. The molecule has 1 aliphatic carbocycles. The lowest BCUT2D eigenvalue weighted by Crippen LogP contribution is -2.41. The molecule has 1 saturated heterocycles. The standard InChI is InChI=1S/C19H25F3N6.HI/c1-23-17(27-10-9-18(13-27)7-3-2-4-8-18)24-11-16-26-25-15-6-5-14(12-28(15)16)19(20,21)22;/h5-6,12H,2-4,7-11,13H2,1H3,(H,23,24);1H. The fourth-order valence-electron chi connectivity index (χ4n) is 4.54. The molecule has 2 aromatic heterocycles. The number of pyridine rings is 1. The number of alkyl halides is 3. The van der Waals surface area contributed by atoms with Crippen LogP contribution in [0, 0.1) is 5.41 Å². The number of rotatable bonds is 2. The quantitative estimate of drug-likeness (QED) is 0.367. The zero-order chi connectivity index (χ0) is 19.8. The molecule has 0 amide bonds. The summed E-state index contributed by atoms with van der Waals surface area (Å²) in [5.41, 5.74) is 0.0744. The largest absolute Gasteiger partial charge is 0.417 e. The second-order valence-electron chi connectivity index (χ2n) is 7.89. The van der Waals surface area contributed by atoms with Gasteiger partial charge in [0.25, 0.3) is 0 Å². The van der Waals surface area contributed by atoms with E-state index >= 15 is 0 Å². The van der Waals surface area contributed by atoms with Gasteiger partial charge in [-0.1, -0.05) is 19.3 Å². The van der Waals surface area contributed by atoms with Crippen LogP contribution in [0.1, 0.15) is 49.9 Å². The Morgan fingerprint density at radius 3 is 2.62 bits per heavy atom. The highest BCUT2D eigenvalue weighted by Crippen LogP contribution is 2.43. The van der Waals surface area contributed by atoms with E-state index in [1.807, 2.05) is 0 Å². The fourth-order valence-corrected chi connectivity index (χ4v) is 4.54. The van der Waals surface area contributed by atoms with Crippen LogP contribution in [-0.4, -0.2) is 45.6 Å². The first kappa shape index (κ1) is 22.1. The fraction of sp³-hybridized carbons (Fsp3) is 0.632. The van der Waals surface area contributed by atoms with Crippen molar-refractivity contribution in [3.8, 4) is 0 Å². The number of hydrogen-bond donors (Lipinski definition) is 1. The van der Waals surface area contributed by atoms with E-state index in [2.05, 4.69) is 25.4 Å². The van der Waals surface area contributed by atoms with Gasteiger partial charge in [0.05, 0.1) is 12.1 Å². The van der Waals surface area contributed by atoms with Gasteiger partial charge in [0.1, 0.15) is 0 Å². The van der Waals surface area contributed by atoms with Gasteiger partial charge in [-0.05, 0) is 36.8 Å². The molecular weight excluding hydrogens is 496 g/mol. The predicted octanol–water partition coefficient (Wildman–Crippen LogP) is 4.10. The van der Waals surface area contributed by atoms with Crippen molar-refractivity contribution in [2.75, 3.05) is 20.1 Å². The van der Waals surface area contributed by atoms with Gasteiger partial charge in [-0.15, -0.1) is 34.2 Å². The molecule has 6 nitrogen and oxygen atoms in total. The Hall–Kier alpha value is -1.59. The molecule has 2 fully saturated rings. The number of aliphatic imine (C=N–C) groups is 1. The van der Waals surface area contributed by atoms with Crippen molar-refractivity contribution < 1.29 is 13.2 Å². The maximum absolute atomic E-state index is 13.0. The first-order valence-electron chi connectivity index (χ1n) is 9.77. The Morgan fingerprint density at radius 2 is 1.93 bits per heavy atom. The summed E-state index contributed by atoms with van der Waals surface area (Å²) in [7, 11) is 1.73. The molecule has 2 aliphatic rings. The maximum atomic E-state index is 13.0. The van der Waals surface area contributed by atoms with Crippen LogP contribution in [0.2, 0.25) is 0 Å². The number of likely N-dealkylation sites (tertiary alicyclic amines) is 1. The monoisotopic (exact) mass is 522 g/mol. The van der Waals surface area contributed by atoms with Crippen molar-refractivity contribution in [1.29, 1.82) is 0 Å². The smallest absolute Gasteiger partial charge is 0.349 e. The molecule has 0 aromatic carbocycles. The molecular formula is C19H26F3IN6. The van der Waals surface area contributed by atoms with Gasteiger partial charge in [0.2, 0.25) is 0 Å². The van der Waals surface area contributed by atoms with Crippen molar-refractivity contribution >= 4 is 35.6 Å².